The number of aliphatic hydroxyl groups is 1. The second kappa shape index (κ2) is 8.16. The van der Waals surface area contributed by atoms with Crippen LogP contribution in [0.15, 0.2) is 0 Å². The Morgan fingerprint density at radius 1 is 1.00 bits per heavy atom. The van der Waals surface area contributed by atoms with E-state index in [0.29, 0.717) is 0 Å². The molecule has 1 unspecified atom stereocenters. The number of ether oxygens (including phenoxy) is 1. The molecule has 1 N–H and O–H groups in total. The van der Waals surface area contributed by atoms with E-state index >= 15 is 0 Å². The minimum atomic E-state index is -0.198. The van der Waals surface area contributed by atoms with Gasteiger partial charge in [-0.3, -0.25) is 0 Å². The minimum absolute atomic E-state index is 0.164. The van der Waals surface area contributed by atoms with Gasteiger partial charge in [-0.15, -0.1) is 0 Å². The van der Waals surface area contributed by atoms with Crippen molar-refractivity contribution in [2.45, 2.75) is 79.8 Å². The zero-order valence-corrected chi connectivity index (χ0v) is 13.4. The predicted molar refractivity (Wildman–Crippen MR) is 78.8 cm³/mol. The summed E-state index contributed by atoms with van der Waals surface area (Å²) < 4.78 is 5.61. The SMILES string of the molecule is CCCCOCCC(C)(C)CC(O)CC(C)(C)C. The number of hydrogen-bond donors (Lipinski definition) is 1. The first kappa shape index (κ1) is 17.9. The molecule has 0 heterocycles. The van der Waals surface area contributed by atoms with Gasteiger partial charge in [0.15, 0.2) is 0 Å². The molecule has 0 spiro atoms. The quantitative estimate of drug-likeness (QED) is 0.621. The van der Waals surface area contributed by atoms with Crippen LogP contribution in [-0.2, 0) is 4.74 Å². The molecular weight excluding hydrogens is 224 g/mol. The van der Waals surface area contributed by atoms with E-state index in [1.54, 1.807) is 0 Å². The van der Waals surface area contributed by atoms with Gasteiger partial charge in [0.25, 0.3) is 0 Å². The molecule has 0 aromatic heterocycles. The zero-order valence-electron chi connectivity index (χ0n) is 13.4. The van der Waals surface area contributed by atoms with E-state index in [9.17, 15) is 5.11 Å². The van der Waals surface area contributed by atoms with Crippen molar-refractivity contribution in [2.24, 2.45) is 10.8 Å². The molecule has 2 heteroatoms. The summed E-state index contributed by atoms with van der Waals surface area (Å²) in [4.78, 5) is 0. The van der Waals surface area contributed by atoms with Crippen molar-refractivity contribution in [2.75, 3.05) is 13.2 Å². The fourth-order valence-corrected chi connectivity index (χ4v) is 2.22. The Bertz CT molecular complexity index is 204. The average Bonchev–Trinajstić information content (AvgIpc) is 2.12. The Kier molecular flexibility index (Phi) is 8.13. The molecule has 0 aliphatic rings. The number of hydrogen-bond acceptors (Lipinski definition) is 2. The van der Waals surface area contributed by atoms with Gasteiger partial charge in [0, 0.05) is 13.2 Å². The summed E-state index contributed by atoms with van der Waals surface area (Å²) in [5, 5.41) is 10.1. The fraction of sp³-hybridized carbons (Fsp3) is 1.00. The highest BCUT2D eigenvalue weighted by Crippen LogP contribution is 2.31. The third-order valence-electron chi connectivity index (χ3n) is 3.20. The van der Waals surface area contributed by atoms with E-state index in [4.69, 9.17) is 4.74 Å². The van der Waals surface area contributed by atoms with E-state index in [0.717, 1.165) is 38.9 Å². The smallest absolute Gasteiger partial charge is 0.0550 e. The van der Waals surface area contributed by atoms with Crippen LogP contribution in [0.25, 0.3) is 0 Å². The van der Waals surface area contributed by atoms with Crippen molar-refractivity contribution < 1.29 is 9.84 Å². The lowest BCUT2D eigenvalue weighted by Gasteiger charge is -2.30. The van der Waals surface area contributed by atoms with Crippen molar-refractivity contribution in [3.05, 3.63) is 0 Å². The lowest BCUT2D eigenvalue weighted by molar-refractivity contribution is 0.0505. The fourth-order valence-electron chi connectivity index (χ4n) is 2.22. The van der Waals surface area contributed by atoms with Crippen molar-refractivity contribution in [1.29, 1.82) is 0 Å². The van der Waals surface area contributed by atoms with Crippen molar-refractivity contribution in [3.63, 3.8) is 0 Å². The summed E-state index contributed by atoms with van der Waals surface area (Å²) in [6.45, 7) is 14.8. The Balaban J connectivity index is 3.84. The molecule has 0 saturated heterocycles. The molecule has 1 atom stereocenters. The van der Waals surface area contributed by atoms with Crippen molar-refractivity contribution >= 4 is 0 Å². The van der Waals surface area contributed by atoms with E-state index in [-0.39, 0.29) is 16.9 Å². The highest BCUT2D eigenvalue weighted by molar-refractivity contribution is 4.76. The van der Waals surface area contributed by atoms with Crippen LogP contribution in [0.3, 0.4) is 0 Å². The molecule has 0 rings (SSSR count). The highest BCUT2D eigenvalue weighted by atomic mass is 16.5. The van der Waals surface area contributed by atoms with Gasteiger partial charge in [-0.2, -0.15) is 0 Å². The first-order valence-corrected chi connectivity index (χ1v) is 7.42. The maximum Gasteiger partial charge on any atom is 0.0550 e. The van der Waals surface area contributed by atoms with Crippen LogP contribution in [0.5, 0.6) is 0 Å². The molecule has 0 radical (unpaired) electrons. The van der Waals surface area contributed by atoms with Crippen LogP contribution >= 0.6 is 0 Å². The monoisotopic (exact) mass is 258 g/mol. The molecular formula is C16H34O2. The van der Waals surface area contributed by atoms with Crippen LogP contribution in [0.2, 0.25) is 0 Å². The molecule has 0 bridgehead atoms. The molecule has 110 valence electrons. The Hall–Kier alpha value is -0.0800. The Labute approximate surface area is 114 Å². The second-order valence-electron chi connectivity index (χ2n) is 7.50. The Morgan fingerprint density at radius 3 is 2.11 bits per heavy atom. The number of unbranched alkanes of at least 4 members (excludes halogenated alkanes) is 1. The van der Waals surface area contributed by atoms with E-state index in [2.05, 4.69) is 41.5 Å². The van der Waals surface area contributed by atoms with Gasteiger partial charge in [-0.25, -0.2) is 0 Å². The van der Waals surface area contributed by atoms with Gasteiger partial charge >= 0.3 is 0 Å². The highest BCUT2D eigenvalue weighted by Gasteiger charge is 2.25. The van der Waals surface area contributed by atoms with E-state index in [1.807, 2.05) is 0 Å². The van der Waals surface area contributed by atoms with Crippen molar-refractivity contribution in [3.8, 4) is 0 Å². The summed E-state index contributed by atoms with van der Waals surface area (Å²) in [7, 11) is 0. The molecule has 18 heavy (non-hydrogen) atoms. The average molecular weight is 258 g/mol. The summed E-state index contributed by atoms with van der Waals surface area (Å²) in [5.74, 6) is 0. The van der Waals surface area contributed by atoms with Gasteiger partial charge < -0.3 is 9.84 Å². The normalized spacial score (nSPS) is 14.8. The molecule has 0 amide bonds. The first-order chi connectivity index (χ1) is 8.16. The topological polar surface area (TPSA) is 29.5 Å². The predicted octanol–water partition coefficient (Wildman–Crippen LogP) is 4.41. The summed E-state index contributed by atoms with van der Waals surface area (Å²) >= 11 is 0. The van der Waals surface area contributed by atoms with Crippen LogP contribution in [0.1, 0.15) is 73.6 Å². The van der Waals surface area contributed by atoms with Gasteiger partial charge in [0.2, 0.25) is 0 Å². The summed E-state index contributed by atoms with van der Waals surface area (Å²) in [6, 6.07) is 0. The minimum Gasteiger partial charge on any atom is -0.393 e. The van der Waals surface area contributed by atoms with E-state index < -0.39 is 0 Å². The van der Waals surface area contributed by atoms with Crippen molar-refractivity contribution in [1.82, 2.24) is 0 Å². The molecule has 2 nitrogen and oxygen atoms in total. The molecule has 0 aromatic rings. The third kappa shape index (κ3) is 11.0. The van der Waals surface area contributed by atoms with E-state index in [1.165, 1.54) is 6.42 Å². The zero-order chi connectivity index (χ0) is 14.2. The Morgan fingerprint density at radius 2 is 1.61 bits per heavy atom. The molecule has 0 saturated carbocycles. The second-order valence-corrected chi connectivity index (χ2v) is 7.50. The van der Waals surface area contributed by atoms with Gasteiger partial charge in [-0.1, -0.05) is 48.0 Å². The molecule has 0 aliphatic heterocycles. The molecule has 0 fully saturated rings. The molecule has 0 aromatic carbocycles. The van der Waals surface area contributed by atoms with Crippen LogP contribution < -0.4 is 0 Å². The van der Waals surface area contributed by atoms with Gasteiger partial charge in [-0.05, 0) is 36.5 Å². The summed E-state index contributed by atoms with van der Waals surface area (Å²) in [5.41, 5.74) is 0.365. The van der Waals surface area contributed by atoms with Gasteiger partial charge in [0.05, 0.1) is 6.10 Å². The van der Waals surface area contributed by atoms with Crippen LogP contribution in [-0.4, -0.2) is 24.4 Å². The lowest BCUT2D eigenvalue weighted by Crippen LogP contribution is -2.26. The molecule has 0 aliphatic carbocycles. The lowest BCUT2D eigenvalue weighted by atomic mass is 9.79. The largest absolute Gasteiger partial charge is 0.393 e. The van der Waals surface area contributed by atoms with Gasteiger partial charge in [0.1, 0.15) is 0 Å². The summed E-state index contributed by atoms with van der Waals surface area (Å²) in [6.07, 6.45) is 4.89. The van der Waals surface area contributed by atoms with Crippen LogP contribution in [0.4, 0.5) is 0 Å². The third-order valence-corrected chi connectivity index (χ3v) is 3.20. The first-order valence-electron chi connectivity index (χ1n) is 7.42. The number of aliphatic hydroxyl groups excluding tert-OH is 1. The maximum absolute atomic E-state index is 10.1. The standard InChI is InChI=1S/C16H34O2/c1-7-8-10-18-11-9-16(5,6)13-14(17)12-15(2,3)4/h14,17H,7-13H2,1-6H3. The maximum atomic E-state index is 10.1. The number of rotatable bonds is 9. The van der Waals surface area contributed by atoms with Crippen LogP contribution in [0, 0.1) is 10.8 Å².